The monoisotopic (exact) mass is 340 g/mol. The molecule has 1 atom stereocenters. The fraction of sp³-hybridized carbons (Fsp3) is 0.300. The van der Waals surface area contributed by atoms with Crippen molar-refractivity contribution in [2.75, 3.05) is 13.1 Å². The number of benzene rings is 1. The molecule has 0 radical (unpaired) electrons. The lowest BCUT2D eigenvalue weighted by atomic mass is 9.93. The zero-order valence-corrected chi connectivity index (χ0v) is 14.9. The van der Waals surface area contributed by atoms with Gasteiger partial charge in [-0.15, -0.1) is 0 Å². The third kappa shape index (κ3) is 8.11. The van der Waals surface area contributed by atoms with Crippen molar-refractivity contribution < 1.29 is 4.39 Å². The van der Waals surface area contributed by atoms with Crippen molar-refractivity contribution in [3.05, 3.63) is 59.2 Å². The molecule has 5 heteroatoms. The predicted molar refractivity (Wildman–Crippen MR) is 107 cm³/mol. The van der Waals surface area contributed by atoms with E-state index in [0.29, 0.717) is 25.1 Å². The van der Waals surface area contributed by atoms with Gasteiger partial charge in [-0.3, -0.25) is 20.0 Å². The molecule has 0 aliphatic heterocycles. The molecule has 25 heavy (non-hydrogen) atoms. The summed E-state index contributed by atoms with van der Waals surface area (Å²) in [7, 11) is 0. The molecule has 1 aromatic carbocycles. The highest BCUT2D eigenvalue weighted by Gasteiger charge is 2.09. The molecular formula is C20H25FN4. The van der Waals surface area contributed by atoms with Crippen molar-refractivity contribution in [2.24, 2.45) is 20.0 Å². The summed E-state index contributed by atoms with van der Waals surface area (Å²) in [5.41, 5.74) is 2.56. The molecule has 1 rings (SSSR count). The van der Waals surface area contributed by atoms with Gasteiger partial charge in [0.25, 0.3) is 0 Å². The van der Waals surface area contributed by atoms with E-state index in [0.717, 1.165) is 11.1 Å². The highest BCUT2D eigenvalue weighted by molar-refractivity contribution is 5.78. The predicted octanol–water partition coefficient (Wildman–Crippen LogP) is 4.57. The summed E-state index contributed by atoms with van der Waals surface area (Å²) < 4.78 is 13.7. The standard InChI is InChI=1S/C20H25FN4/c1-16-6-7-19(13-20(16)21)17(2)12-18(14-23-4)15-25-11-10-24-9-5-8-22-3/h5-9,13-15,17H,3-4,10-12H2,1-2H3/b8-5-,18-14-,24-9?,25-15?. The Bertz CT molecular complexity index is 687. The number of rotatable bonds is 10. The zero-order chi connectivity index (χ0) is 18.5. The number of hydrogen-bond donors (Lipinski definition) is 0. The van der Waals surface area contributed by atoms with Gasteiger partial charge in [-0.1, -0.05) is 19.1 Å². The molecule has 0 spiro atoms. The van der Waals surface area contributed by atoms with E-state index in [1.165, 1.54) is 0 Å². The third-order valence-corrected chi connectivity index (χ3v) is 3.56. The number of halogens is 1. The van der Waals surface area contributed by atoms with Crippen molar-refractivity contribution in [3.63, 3.8) is 0 Å². The summed E-state index contributed by atoms with van der Waals surface area (Å²) >= 11 is 0. The number of allylic oxidation sites excluding steroid dienone is 2. The van der Waals surface area contributed by atoms with Gasteiger partial charge in [0, 0.05) is 24.8 Å². The Balaban J connectivity index is 2.60. The molecule has 132 valence electrons. The number of aryl methyl sites for hydroxylation is 1. The van der Waals surface area contributed by atoms with Gasteiger partial charge in [0.15, 0.2) is 0 Å². The van der Waals surface area contributed by atoms with Crippen LogP contribution in [0.1, 0.15) is 30.4 Å². The summed E-state index contributed by atoms with van der Waals surface area (Å²) in [5.74, 6) is -0.0203. The van der Waals surface area contributed by atoms with E-state index in [4.69, 9.17) is 0 Å². The van der Waals surface area contributed by atoms with Gasteiger partial charge >= 0.3 is 0 Å². The van der Waals surface area contributed by atoms with Crippen LogP contribution >= 0.6 is 0 Å². The molecule has 0 bridgehead atoms. The molecule has 0 saturated carbocycles. The van der Waals surface area contributed by atoms with Crippen LogP contribution in [0.3, 0.4) is 0 Å². The molecule has 0 fully saturated rings. The second kappa shape index (κ2) is 11.8. The molecule has 0 aromatic heterocycles. The van der Waals surface area contributed by atoms with Crippen LogP contribution in [0.15, 0.2) is 62.2 Å². The van der Waals surface area contributed by atoms with Crippen molar-refractivity contribution >= 4 is 25.9 Å². The SMILES string of the molecule is C=N/C=C\C=NCCN=C/C(=C\N=C)CC(C)c1ccc(C)c(F)c1. The quantitative estimate of drug-likeness (QED) is 0.443. The Hall–Kier alpha value is -2.69. The first kappa shape index (κ1) is 20.4. The zero-order valence-electron chi connectivity index (χ0n) is 14.9. The second-order valence-electron chi connectivity index (χ2n) is 5.62. The Morgan fingerprint density at radius 1 is 1.20 bits per heavy atom. The van der Waals surface area contributed by atoms with Gasteiger partial charge in [-0.2, -0.15) is 0 Å². The summed E-state index contributed by atoms with van der Waals surface area (Å²) in [6.45, 7) is 11.8. The van der Waals surface area contributed by atoms with Crippen molar-refractivity contribution in [2.45, 2.75) is 26.2 Å². The minimum atomic E-state index is -0.177. The molecule has 0 heterocycles. The lowest BCUT2D eigenvalue weighted by Gasteiger charge is -2.13. The number of hydrogen-bond acceptors (Lipinski definition) is 4. The van der Waals surface area contributed by atoms with E-state index in [-0.39, 0.29) is 11.7 Å². The van der Waals surface area contributed by atoms with Crippen LogP contribution in [0.5, 0.6) is 0 Å². The average Bonchev–Trinajstić information content (AvgIpc) is 2.59. The fourth-order valence-electron chi connectivity index (χ4n) is 2.18. The Labute approximate surface area is 149 Å². The maximum absolute atomic E-state index is 13.7. The van der Waals surface area contributed by atoms with E-state index in [2.05, 4.69) is 40.3 Å². The van der Waals surface area contributed by atoms with E-state index >= 15 is 0 Å². The Kier molecular flexibility index (Phi) is 9.60. The first-order valence-corrected chi connectivity index (χ1v) is 8.10. The molecule has 1 aromatic rings. The maximum Gasteiger partial charge on any atom is 0.126 e. The van der Waals surface area contributed by atoms with Gasteiger partial charge in [-0.25, -0.2) is 4.39 Å². The van der Waals surface area contributed by atoms with Gasteiger partial charge in [0.2, 0.25) is 0 Å². The number of nitrogens with zero attached hydrogens (tertiary/aromatic N) is 4. The van der Waals surface area contributed by atoms with E-state index in [9.17, 15) is 4.39 Å². The summed E-state index contributed by atoms with van der Waals surface area (Å²) in [5, 5.41) is 0. The molecular weight excluding hydrogens is 315 g/mol. The van der Waals surface area contributed by atoms with Crippen molar-refractivity contribution in [3.8, 4) is 0 Å². The third-order valence-electron chi connectivity index (χ3n) is 3.56. The highest BCUT2D eigenvalue weighted by Crippen LogP contribution is 2.24. The molecule has 1 unspecified atom stereocenters. The van der Waals surface area contributed by atoms with Gasteiger partial charge in [0.05, 0.1) is 13.1 Å². The van der Waals surface area contributed by atoms with Gasteiger partial charge in [-0.05, 0) is 61.5 Å². The molecule has 0 N–H and O–H groups in total. The molecule has 0 aliphatic rings. The molecule has 4 nitrogen and oxygen atoms in total. The van der Waals surface area contributed by atoms with Crippen LogP contribution in [-0.2, 0) is 0 Å². The Morgan fingerprint density at radius 2 is 1.96 bits per heavy atom. The van der Waals surface area contributed by atoms with Gasteiger partial charge < -0.3 is 0 Å². The van der Waals surface area contributed by atoms with Crippen LogP contribution in [0.25, 0.3) is 0 Å². The molecule has 0 amide bonds. The lowest BCUT2D eigenvalue weighted by Crippen LogP contribution is -1.99. The van der Waals surface area contributed by atoms with E-state index < -0.39 is 0 Å². The van der Waals surface area contributed by atoms with E-state index in [1.54, 1.807) is 50.0 Å². The van der Waals surface area contributed by atoms with Crippen LogP contribution in [0.2, 0.25) is 0 Å². The summed E-state index contributed by atoms with van der Waals surface area (Å²) in [6.07, 6.45) is 9.13. The topological polar surface area (TPSA) is 49.4 Å². The first-order valence-electron chi connectivity index (χ1n) is 8.10. The smallest absolute Gasteiger partial charge is 0.126 e. The van der Waals surface area contributed by atoms with Crippen molar-refractivity contribution in [1.82, 2.24) is 0 Å². The van der Waals surface area contributed by atoms with Crippen LogP contribution in [0, 0.1) is 12.7 Å². The maximum atomic E-state index is 13.7. The van der Waals surface area contributed by atoms with Crippen LogP contribution < -0.4 is 0 Å². The van der Waals surface area contributed by atoms with E-state index in [1.807, 2.05) is 6.07 Å². The van der Waals surface area contributed by atoms with Crippen LogP contribution in [0.4, 0.5) is 4.39 Å². The molecule has 0 saturated heterocycles. The lowest BCUT2D eigenvalue weighted by molar-refractivity contribution is 0.612. The van der Waals surface area contributed by atoms with Crippen molar-refractivity contribution in [1.29, 1.82) is 0 Å². The largest absolute Gasteiger partial charge is 0.291 e. The minimum absolute atomic E-state index is 0.157. The Morgan fingerprint density at radius 3 is 2.64 bits per heavy atom. The summed E-state index contributed by atoms with van der Waals surface area (Å²) in [4.78, 5) is 15.9. The number of aliphatic imine (C=N–C) groups is 4. The summed E-state index contributed by atoms with van der Waals surface area (Å²) in [6, 6.07) is 5.36. The highest BCUT2D eigenvalue weighted by atomic mass is 19.1. The fourth-order valence-corrected chi connectivity index (χ4v) is 2.18. The first-order chi connectivity index (χ1) is 12.1. The normalized spacial score (nSPS) is 13.8. The minimum Gasteiger partial charge on any atom is -0.291 e. The average molecular weight is 340 g/mol. The molecule has 0 aliphatic carbocycles. The van der Waals surface area contributed by atoms with Crippen LogP contribution in [-0.4, -0.2) is 39.0 Å². The van der Waals surface area contributed by atoms with Gasteiger partial charge in [0.1, 0.15) is 5.82 Å². The second-order valence-corrected chi connectivity index (χ2v) is 5.62.